The minimum absolute atomic E-state index is 0.445. The first kappa shape index (κ1) is 12.7. The van der Waals surface area contributed by atoms with Crippen LogP contribution >= 0.6 is 23.1 Å². The van der Waals surface area contributed by atoms with Gasteiger partial charge in [0.05, 0.1) is 6.04 Å². The summed E-state index contributed by atoms with van der Waals surface area (Å²) < 4.78 is 0. The zero-order chi connectivity index (χ0) is 12.1. The van der Waals surface area contributed by atoms with Crippen molar-refractivity contribution >= 4 is 23.1 Å². The van der Waals surface area contributed by atoms with Crippen molar-refractivity contribution in [1.82, 2.24) is 5.32 Å². The molecule has 1 atom stereocenters. The average Bonchev–Trinajstić information content (AvgIpc) is 2.84. The molecule has 17 heavy (non-hydrogen) atoms. The van der Waals surface area contributed by atoms with Crippen molar-refractivity contribution < 1.29 is 0 Å². The molecule has 3 heteroatoms. The van der Waals surface area contributed by atoms with E-state index in [0.717, 1.165) is 5.75 Å². The van der Waals surface area contributed by atoms with Crippen LogP contribution in [0.1, 0.15) is 16.5 Å². The Morgan fingerprint density at radius 2 is 2.18 bits per heavy atom. The van der Waals surface area contributed by atoms with Gasteiger partial charge in [-0.1, -0.05) is 23.8 Å². The van der Waals surface area contributed by atoms with Gasteiger partial charge in [-0.15, -0.1) is 23.1 Å². The van der Waals surface area contributed by atoms with Crippen molar-refractivity contribution in [2.75, 3.05) is 12.8 Å². The molecule has 0 aliphatic rings. The molecular weight excluding hydrogens is 246 g/mol. The van der Waals surface area contributed by atoms with Crippen molar-refractivity contribution in [2.24, 2.45) is 0 Å². The second-order valence-corrected chi connectivity index (χ2v) is 6.06. The summed E-state index contributed by atoms with van der Waals surface area (Å²) in [4.78, 5) is 2.76. The van der Waals surface area contributed by atoms with E-state index in [1.807, 2.05) is 30.1 Å². The van der Waals surface area contributed by atoms with Gasteiger partial charge >= 0.3 is 0 Å². The van der Waals surface area contributed by atoms with E-state index in [2.05, 4.69) is 54.0 Å². The Balaban J connectivity index is 1.97. The van der Waals surface area contributed by atoms with Crippen LogP contribution in [0.15, 0.2) is 46.7 Å². The number of thiophene rings is 1. The number of nitrogens with one attached hydrogen (secondary N) is 1. The van der Waals surface area contributed by atoms with Gasteiger partial charge in [-0.05, 0) is 37.6 Å². The third kappa shape index (κ3) is 3.60. The molecule has 2 aromatic rings. The van der Waals surface area contributed by atoms with Gasteiger partial charge in [-0.3, -0.25) is 0 Å². The molecule has 0 amide bonds. The molecule has 1 aromatic heterocycles. The Labute approximate surface area is 111 Å². The van der Waals surface area contributed by atoms with Crippen molar-refractivity contribution in [3.05, 3.63) is 52.2 Å². The lowest BCUT2D eigenvalue weighted by Gasteiger charge is -2.14. The molecule has 0 saturated heterocycles. The SMILES string of the molecule is CNC(CSc1cccc(C)c1)c1cccs1. The van der Waals surface area contributed by atoms with Crippen molar-refractivity contribution in [3.63, 3.8) is 0 Å². The largest absolute Gasteiger partial charge is 0.312 e. The summed E-state index contributed by atoms with van der Waals surface area (Å²) in [7, 11) is 2.03. The lowest BCUT2D eigenvalue weighted by Crippen LogP contribution is -2.17. The van der Waals surface area contributed by atoms with Gasteiger partial charge in [-0.25, -0.2) is 0 Å². The Morgan fingerprint density at radius 3 is 2.82 bits per heavy atom. The van der Waals surface area contributed by atoms with Gasteiger partial charge in [-0.2, -0.15) is 0 Å². The first-order valence-electron chi connectivity index (χ1n) is 5.69. The van der Waals surface area contributed by atoms with Crippen LogP contribution in [-0.2, 0) is 0 Å². The second kappa shape index (κ2) is 6.24. The van der Waals surface area contributed by atoms with Crippen LogP contribution < -0.4 is 5.32 Å². The van der Waals surface area contributed by atoms with Crippen LogP contribution in [0.5, 0.6) is 0 Å². The molecular formula is C14H17NS2. The van der Waals surface area contributed by atoms with Gasteiger partial charge in [0.1, 0.15) is 0 Å². The number of benzene rings is 1. The minimum Gasteiger partial charge on any atom is -0.312 e. The maximum absolute atomic E-state index is 3.38. The molecule has 0 aliphatic heterocycles. The normalized spacial score (nSPS) is 12.6. The summed E-state index contributed by atoms with van der Waals surface area (Å²) >= 11 is 3.73. The second-order valence-electron chi connectivity index (χ2n) is 3.98. The van der Waals surface area contributed by atoms with Gasteiger partial charge in [0, 0.05) is 15.5 Å². The van der Waals surface area contributed by atoms with E-state index in [0.29, 0.717) is 6.04 Å². The first-order valence-corrected chi connectivity index (χ1v) is 7.56. The van der Waals surface area contributed by atoms with Gasteiger partial charge < -0.3 is 5.32 Å². The Hall–Kier alpha value is -0.770. The molecule has 0 bridgehead atoms. The summed E-state index contributed by atoms with van der Waals surface area (Å²) in [6.07, 6.45) is 0. The summed E-state index contributed by atoms with van der Waals surface area (Å²) in [5, 5.41) is 5.51. The predicted molar refractivity (Wildman–Crippen MR) is 78.0 cm³/mol. The van der Waals surface area contributed by atoms with Crippen LogP contribution in [0.3, 0.4) is 0 Å². The number of hydrogen-bond donors (Lipinski definition) is 1. The van der Waals surface area contributed by atoms with Crippen LogP contribution in [-0.4, -0.2) is 12.8 Å². The maximum Gasteiger partial charge on any atom is 0.0507 e. The lowest BCUT2D eigenvalue weighted by molar-refractivity contribution is 0.673. The summed E-state index contributed by atoms with van der Waals surface area (Å²) in [5.74, 6) is 1.07. The molecule has 1 heterocycles. The zero-order valence-electron chi connectivity index (χ0n) is 10.1. The third-order valence-electron chi connectivity index (χ3n) is 2.64. The Bertz CT molecular complexity index is 451. The highest BCUT2D eigenvalue weighted by Crippen LogP contribution is 2.27. The highest BCUT2D eigenvalue weighted by molar-refractivity contribution is 7.99. The third-order valence-corrected chi connectivity index (χ3v) is 4.71. The molecule has 0 radical (unpaired) electrons. The number of hydrogen-bond acceptors (Lipinski definition) is 3. The standard InChI is InChI=1S/C14H17NS2/c1-11-5-3-6-12(9-11)17-10-13(15-2)14-7-4-8-16-14/h3-9,13,15H,10H2,1-2H3. The van der Waals surface area contributed by atoms with Crippen molar-refractivity contribution in [2.45, 2.75) is 17.9 Å². The summed E-state index contributed by atoms with van der Waals surface area (Å²) in [5.41, 5.74) is 1.33. The number of aryl methyl sites for hydroxylation is 1. The fourth-order valence-corrected chi connectivity index (χ4v) is 3.77. The Kier molecular flexibility index (Phi) is 4.66. The van der Waals surface area contributed by atoms with E-state index in [1.165, 1.54) is 15.3 Å². The Morgan fingerprint density at radius 1 is 1.29 bits per heavy atom. The molecule has 1 nitrogen and oxygen atoms in total. The van der Waals surface area contributed by atoms with E-state index >= 15 is 0 Å². The molecule has 0 saturated carbocycles. The van der Waals surface area contributed by atoms with Crippen molar-refractivity contribution in [3.8, 4) is 0 Å². The van der Waals surface area contributed by atoms with Crippen molar-refractivity contribution in [1.29, 1.82) is 0 Å². The smallest absolute Gasteiger partial charge is 0.0507 e. The van der Waals surface area contributed by atoms with E-state index in [9.17, 15) is 0 Å². The van der Waals surface area contributed by atoms with Gasteiger partial charge in [0.15, 0.2) is 0 Å². The topological polar surface area (TPSA) is 12.0 Å². The minimum atomic E-state index is 0.445. The predicted octanol–water partition coefficient (Wildman–Crippen LogP) is 4.11. The van der Waals surface area contributed by atoms with Crippen LogP contribution in [0.2, 0.25) is 0 Å². The van der Waals surface area contributed by atoms with E-state index < -0.39 is 0 Å². The quantitative estimate of drug-likeness (QED) is 0.815. The molecule has 2 rings (SSSR count). The summed E-state index contributed by atoms with van der Waals surface area (Å²) in [6, 6.07) is 13.4. The van der Waals surface area contributed by atoms with Crippen LogP contribution in [0.4, 0.5) is 0 Å². The van der Waals surface area contributed by atoms with E-state index in [-0.39, 0.29) is 0 Å². The molecule has 1 aromatic carbocycles. The fourth-order valence-electron chi connectivity index (χ4n) is 1.68. The maximum atomic E-state index is 3.38. The molecule has 0 spiro atoms. The number of rotatable bonds is 5. The zero-order valence-corrected chi connectivity index (χ0v) is 11.8. The molecule has 0 aliphatic carbocycles. The molecule has 90 valence electrons. The monoisotopic (exact) mass is 263 g/mol. The highest BCUT2D eigenvalue weighted by Gasteiger charge is 2.10. The van der Waals surface area contributed by atoms with E-state index in [4.69, 9.17) is 0 Å². The van der Waals surface area contributed by atoms with E-state index in [1.54, 1.807) is 0 Å². The van der Waals surface area contributed by atoms with Crippen LogP contribution in [0, 0.1) is 6.92 Å². The first-order chi connectivity index (χ1) is 8.29. The molecule has 1 unspecified atom stereocenters. The highest BCUT2D eigenvalue weighted by atomic mass is 32.2. The lowest BCUT2D eigenvalue weighted by atomic mass is 10.2. The average molecular weight is 263 g/mol. The van der Waals surface area contributed by atoms with Gasteiger partial charge in [0.25, 0.3) is 0 Å². The molecule has 0 fully saturated rings. The fraction of sp³-hybridized carbons (Fsp3) is 0.286. The van der Waals surface area contributed by atoms with Gasteiger partial charge in [0.2, 0.25) is 0 Å². The number of thioether (sulfide) groups is 1. The molecule has 1 N–H and O–H groups in total. The summed E-state index contributed by atoms with van der Waals surface area (Å²) in [6.45, 7) is 2.14. The van der Waals surface area contributed by atoms with Crippen LogP contribution in [0.25, 0.3) is 0 Å².